The molecule has 0 bridgehead atoms. The maximum absolute atomic E-state index is 11.8. The summed E-state index contributed by atoms with van der Waals surface area (Å²) in [5.74, 6) is -1.76. The van der Waals surface area contributed by atoms with Crippen molar-refractivity contribution in [2.45, 2.75) is 25.8 Å². The number of likely N-dealkylation sites (tertiary alicyclic amines) is 1. The number of ether oxygens (including phenoxy) is 1. The first-order valence-electron chi connectivity index (χ1n) is 6.55. The van der Waals surface area contributed by atoms with Gasteiger partial charge in [0.05, 0.1) is 19.1 Å². The van der Waals surface area contributed by atoms with Gasteiger partial charge in [0, 0.05) is 13.1 Å². The highest BCUT2D eigenvalue weighted by molar-refractivity contribution is 5.83. The number of carbonyl (C=O) groups is 3. The second-order valence-corrected chi connectivity index (χ2v) is 4.54. The largest absolute Gasteiger partial charge is 0.480 e. The topological polar surface area (TPSA) is 116 Å². The molecular weight excluding hydrogens is 268 g/mol. The highest BCUT2D eigenvalue weighted by atomic mass is 16.5. The Balaban J connectivity index is 2.43. The molecule has 8 nitrogen and oxygen atoms in total. The SMILES string of the molecule is CCOC(=O)C1CCN(C(=O)NC(CO)C(=O)O)CC1. The van der Waals surface area contributed by atoms with Crippen LogP contribution in [0.15, 0.2) is 0 Å². The van der Waals surface area contributed by atoms with E-state index in [2.05, 4.69) is 5.32 Å². The molecule has 0 aromatic rings. The Hall–Kier alpha value is -1.83. The lowest BCUT2D eigenvalue weighted by atomic mass is 9.97. The summed E-state index contributed by atoms with van der Waals surface area (Å²) in [5, 5.41) is 19.8. The number of urea groups is 1. The summed E-state index contributed by atoms with van der Waals surface area (Å²) in [4.78, 5) is 35.5. The van der Waals surface area contributed by atoms with E-state index >= 15 is 0 Å². The minimum Gasteiger partial charge on any atom is -0.480 e. The van der Waals surface area contributed by atoms with Gasteiger partial charge >= 0.3 is 18.0 Å². The first-order valence-corrected chi connectivity index (χ1v) is 6.55. The van der Waals surface area contributed by atoms with Crippen molar-refractivity contribution in [2.24, 2.45) is 5.92 Å². The molecule has 1 unspecified atom stereocenters. The highest BCUT2D eigenvalue weighted by Gasteiger charge is 2.29. The highest BCUT2D eigenvalue weighted by Crippen LogP contribution is 2.18. The quantitative estimate of drug-likeness (QED) is 0.583. The number of aliphatic hydroxyl groups is 1. The van der Waals surface area contributed by atoms with Crippen molar-refractivity contribution in [2.75, 3.05) is 26.3 Å². The third-order valence-corrected chi connectivity index (χ3v) is 3.18. The van der Waals surface area contributed by atoms with Crippen LogP contribution in [0.1, 0.15) is 19.8 Å². The zero-order chi connectivity index (χ0) is 15.1. The van der Waals surface area contributed by atoms with Crippen molar-refractivity contribution < 1.29 is 29.3 Å². The molecule has 2 amide bonds. The average molecular weight is 288 g/mol. The summed E-state index contributed by atoms with van der Waals surface area (Å²) in [5.41, 5.74) is 0. The number of carbonyl (C=O) groups excluding carboxylic acids is 2. The van der Waals surface area contributed by atoms with Crippen LogP contribution in [0.5, 0.6) is 0 Å². The number of amides is 2. The molecule has 0 saturated carbocycles. The normalized spacial score (nSPS) is 17.4. The number of hydrogen-bond donors (Lipinski definition) is 3. The van der Waals surface area contributed by atoms with Crippen molar-refractivity contribution in [3.8, 4) is 0 Å². The fraction of sp³-hybridized carbons (Fsp3) is 0.750. The zero-order valence-corrected chi connectivity index (χ0v) is 11.4. The first-order chi connectivity index (χ1) is 9.49. The molecule has 1 rings (SSSR count). The molecule has 1 aliphatic heterocycles. The van der Waals surface area contributed by atoms with Gasteiger partial charge in [0.2, 0.25) is 0 Å². The lowest BCUT2D eigenvalue weighted by molar-refractivity contribution is -0.149. The molecule has 8 heteroatoms. The Morgan fingerprint density at radius 1 is 1.35 bits per heavy atom. The van der Waals surface area contributed by atoms with E-state index in [0.717, 1.165) is 0 Å². The van der Waals surface area contributed by atoms with Gasteiger partial charge in [0.1, 0.15) is 0 Å². The van der Waals surface area contributed by atoms with Gasteiger partial charge in [-0.2, -0.15) is 0 Å². The van der Waals surface area contributed by atoms with Gasteiger partial charge in [-0.05, 0) is 19.8 Å². The minimum atomic E-state index is -1.31. The second-order valence-electron chi connectivity index (χ2n) is 4.54. The third-order valence-electron chi connectivity index (χ3n) is 3.18. The van der Waals surface area contributed by atoms with Crippen molar-refractivity contribution in [3.63, 3.8) is 0 Å². The van der Waals surface area contributed by atoms with E-state index in [1.54, 1.807) is 6.92 Å². The van der Waals surface area contributed by atoms with Crippen LogP contribution in [-0.4, -0.2) is 65.4 Å². The number of piperidine rings is 1. The summed E-state index contributed by atoms with van der Waals surface area (Å²) in [6, 6.07) is -1.86. The third kappa shape index (κ3) is 4.37. The smallest absolute Gasteiger partial charge is 0.328 e. The van der Waals surface area contributed by atoms with Crippen LogP contribution in [0.4, 0.5) is 4.79 Å². The van der Waals surface area contributed by atoms with E-state index in [1.807, 2.05) is 0 Å². The van der Waals surface area contributed by atoms with Crippen LogP contribution in [0.2, 0.25) is 0 Å². The molecule has 0 spiro atoms. The fourth-order valence-corrected chi connectivity index (χ4v) is 2.00. The summed E-state index contributed by atoms with van der Waals surface area (Å²) in [6.45, 7) is 2.11. The predicted molar refractivity (Wildman–Crippen MR) is 68.0 cm³/mol. The van der Waals surface area contributed by atoms with Crippen LogP contribution >= 0.6 is 0 Å². The predicted octanol–water partition coefficient (Wildman–Crippen LogP) is -0.583. The van der Waals surface area contributed by atoms with E-state index < -0.39 is 24.6 Å². The standard InChI is InChI=1S/C12H20N2O6/c1-2-20-11(18)8-3-5-14(6-4-8)12(19)13-9(7-15)10(16)17/h8-9,15H,2-7H2,1H3,(H,13,19)(H,16,17). The number of aliphatic carboxylic acids is 1. The lowest BCUT2D eigenvalue weighted by Gasteiger charge is -2.31. The fourth-order valence-electron chi connectivity index (χ4n) is 2.00. The number of carboxylic acid groups (broad SMARTS) is 1. The van der Waals surface area contributed by atoms with Crippen LogP contribution in [-0.2, 0) is 14.3 Å². The molecule has 1 atom stereocenters. The Morgan fingerprint density at radius 2 is 1.95 bits per heavy atom. The number of aliphatic hydroxyl groups excluding tert-OH is 1. The number of rotatable bonds is 5. The van der Waals surface area contributed by atoms with Crippen LogP contribution in [0, 0.1) is 5.92 Å². The zero-order valence-electron chi connectivity index (χ0n) is 11.4. The van der Waals surface area contributed by atoms with E-state index in [4.69, 9.17) is 14.9 Å². The maximum Gasteiger partial charge on any atom is 0.328 e. The Morgan fingerprint density at radius 3 is 2.40 bits per heavy atom. The minimum absolute atomic E-state index is 0.216. The number of nitrogens with zero attached hydrogens (tertiary/aromatic N) is 1. The van der Waals surface area contributed by atoms with Crippen LogP contribution < -0.4 is 5.32 Å². The van der Waals surface area contributed by atoms with E-state index in [9.17, 15) is 14.4 Å². The van der Waals surface area contributed by atoms with E-state index in [-0.39, 0.29) is 11.9 Å². The maximum atomic E-state index is 11.8. The molecule has 0 aliphatic carbocycles. The average Bonchev–Trinajstić information content (AvgIpc) is 2.44. The van der Waals surface area contributed by atoms with Gasteiger partial charge in [-0.25, -0.2) is 9.59 Å². The summed E-state index contributed by atoms with van der Waals surface area (Å²) < 4.78 is 4.92. The lowest BCUT2D eigenvalue weighted by Crippen LogP contribution is -2.51. The van der Waals surface area contributed by atoms with E-state index in [1.165, 1.54) is 4.90 Å². The van der Waals surface area contributed by atoms with Crippen molar-refractivity contribution in [1.29, 1.82) is 0 Å². The first kappa shape index (κ1) is 16.2. The van der Waals surface area contributed by atoms with Gasteiger partial charge in [0.25, 0.3) is 0 Å². The van der Waals surface area contributed by atoms with Crippen LogP contribution in [0.3, 0.4) is 0 Å². The van der Waals surface area contributed by atoms with Crippen LogP contribution in [0.25, 0.3) is 0 Å². The Kier molecular flexibility index (Phi) is 6.23. The number of esters is 1. The molecule has 0 aromatic heterocycles. The molecule has 1 saturated heterocycles. The molecule has 1 heterocycles. The van der Waals surface area contributed by atoms with Crippen molar-refractivity contribution >= 4 is 18.0 Å². The molecule has 1 aliphatic rings. The Bertz CT molecular complexity index is 365. The number of carboxylic acids is 1. The molecular formula is C12H20N2O6. The monoisotopic (exact) mass is 288 g/mol. The van der Waals surface area contributed by atoms with Gasteiger partial charge in [0.15, 0.2) is 6.04 Å². The van der Waals surface area contributed by atoms with E-state index in [0.29, 0.717) is 32.5 Å². The van der Waals surface area contributed by atoms with Gasteiger partial charge in [-0.1, -0.05) is 0 Å². The molecule has 0 aromatic carbocycles. The molecule has 3 N–H and O–H groups in total. The summed E-state index contributed by atoms with van der Waals surface area (Å²) in [7, 11) is 0. The number of hydrogen-bond acceptors (Lipinski definition) is 5. The van der Waals surface area contributed by atoms with Gasteiger partial charge in [-0.3, -0.25) is 4.79 Å². The Labute approximate surface area is 116 Å². The van der Waals surface area contributed by atoms with Crippen molar-refractivity contribution in [1.82, 2.24) is 10.2 Å². The second kappa shape index (κ2) is 7.68. The van der Waals surface area contributed by atoms with Gasteiger partial charge in [-0.15, -0.1) is 0 Å². The number of nitrogens with one attached hydrogen (secondary N) is 1. The molecule has 114 valence electrons. The van der Waals surface area contributed by atoms with Crippen molar-refractivity contribution in [3.05, 3.63) is 0 Å². The van der Waals surface area contributed by atoms with Gasteiger partial charge < -0.3 is 25.2 Å². The summed E-state index contributed by atoms with van der Waals surface area (Å²) in [6.07, 6.45) is 0.978. The molecule has 0 radical (unpaired) electrons. The molecule has 1 fully saturated rings. The summed E-state index contributed by atoms with van der Waals surface area (Å²) >= 11 is 0. The molecule has 20 heavy (non-hydrogen) atoms.